The zero-order valence-corrected chi connectivity index (χ0v) is 11.2. The maximum Gasteiger partial charge on any atom is 0.320 e. The van der Waals surface area contributed by atoms with Crippen LogP contribution in [0.4, 0.5) is 0 Å². The molecule has 15 heavy (non-hydrogen) atoms. The number of carbonyl (C=O) groups is 1. The van der Waals surface area contributed by atoms with Gasteiger partial charge in [-0.1, -0.05) is 22.9 Å². The Kier molecular flexibility index (Phi) is 7.12. The zero-order chi connectivity index (χ0) is 11.9. The fourth-order valence-corrected chi connectivity index (χ4v) is 1.97. The average Bonchev–Trinajstić information content (AvgIpc) is 2.22. The number of methoxy groups -OCH3 is 1. The van der Waals surface area contributed by atoms with Gasteiger partial charge in [0, 0.05) is 18.8 Å². The highest BCUT2D eigenvalue weighted by molar-refractivity contribution is 9.10. The van der Waals surface area contributed by atoms with E-state index in [1.54, 1.807) is 6.92 Å². The topological polar surface area (TPSA) is 72.5 Å². The van der Waals surface area contributed by atoms with Gasteiger partial charge in [-0.3, -0.25) is 4.79 Å². The van der Waals surface area contributed by atoms with Gasteiger partial charge < -0.3 is 10.1 Å². The molecule has 0 aromatic heterocycles. The van der Waals surface area contributed by atoms with Crippen LogP contribution in [0.5, 0.6) is 0 Å². The van der Waals surface area contributed by atoms with Crippen LogP contribution in [0, 0.1) is 0 Å². The molecule has 90 valence electrons. The summed E-state index contributed by atoms with van der Waals surface area (Å²) < 4.78 is 26.7. The van der Waals surface area contributed by atoms with Crippen LogP contribution < -0.4 is 5.32 Å². The predicted octanol–water partition coefficient (Wildman–Crippen LogP) is -0.0528. The molecule has 0 aliphatic heterocycles. The van der Waals surface area contributed by atoms with E-state index in [9.17, 15) is 13.2 Å². The number of alkyl halides is 1. The smallest absolute Gasteiger partial charge is 0.320 e. The number of hydrogen-bond acceptors (Lipinski definition) is 5. The van der Waals surface area contributed by atoms with Crippen molar-refractivity contribution >= 4 is 31.7 Å². The van der Waals surface area contributed by atoms with E-state index < -0.39 is 14.7 Å². The molecule has 0 radical (unpaired) electrons. The van der Waals surface area contributed by atoms with Crippen LogP contribution in [0.3, 0.4) is 0 Å². The minimum absolute atomic E-state index is 0.0877. The SMILES string of the molecule is CCS(=O)(=O)CCNCC(Br)C(=O)OC. The molecule has 0 aromatic rings. The van der Waals surface area contributed by atoms with E-state index >= 15 is 0 Å². The van der Waals surface area contributed by atoms with Crippen LogP contribution in [0.2, 0.25) is 0 Å². The van der Waals surface area contributed by atoms with E-state index in [4.69, 9.17) is 0 Å². The summed E-state index contributed by atoms with van der Waals surface area (Å²) in [5.41, 5.74) is 0. The highest BCUT2D eigenvalue weighted by Crippen LogP contribution is 1.99. The van der Waals surface area contributed by atoms with Crippen LogP contribution in [0.25, 0.3) is 0 Å². The maximum absolute atomic E-state index is 11.1. The van der Waals surface area contributed by atoms with Crippen molar-refractivity contribution in [2.45, 2.75) is 11.8 Å². The second-order valence-corrected chi connectivity index (χ2v) is 6.51. The summed E-state index contributed by atoms with van der Waals surface area (Å²) >= 11 is 3.11. The Bertz CT molecular complexity index is 291. The Hall–Kier alpha value is -0.140. The maximum atomic E-state index is 11.1. The van der Waals surface area contributed by atoms with Gasteiger partial charge in [-0.2, -0.15) is 0 Å². The van der Waals surface area contributed by atoms with Crippen molar-refractivity contribution in [2.75, 3.05) is 31.7 Å². The summed E-state index contributed by atoms with van der Waals surface area (Å²) in [4.78, 5) is 10.5. The van der Waals surface area contributed by atoms with Crippen molar-refractivity contribution < 1.29 is 17.9 Å². The normalized spacial score (nSPS) is 13.5. The van der Waals surface area contributed by atoms with Crippen molar-refractivity contribution in [3.8, 4) is 0 Å². The van der Waals surface area contributed by atoms with E-state index in [2.05, 4.69) is 26.0 Å². The van der Waals surface area contributed by atoms with Gasteiger partial charge in [-0.15, -0.1) is 0 Å². The Morgan fingerprint density at radius 3 is 2.60 bits per heavy atom. The van der Waals surface area contributed by atoms with Crippen LogP contribution in [-0.4, -0.2) is 50.9 Å². The number of carbonyl (C=O) groups excluding carboxylic acids is 1. The van der Waals surface area contributed by atoms with Gasteiger partial charge in [0.15, 0.2) is 9.84 Å². The van der Waals surface area contributed by atoms with Crippen molar-refractivity contribution in [3.05, 3.63) is 0 Å². The van der Waals surface area contributed by atoms with Crippen LogP contribution in [0.1, 0.15) is 6.92 Å². The van der Waals surface area contributed by atoms with Crippen LogP contribution in [0.15, 0.2) is 0 Å². The molecule has 0 saturated carbocycles. The first-order valence-corrected chi connectivity index (χ1v) is 7.29. The highest BCUT2D eigenvalue weighted by atomic mass is 79.9. The van der Waals surface area contributed by atoms with E-state index in [1.165, 1.54) is 7.11 Å². The number of nitrogens with one attached hydrogen (secondary N) is 1. The second-order valence-electron chi connectivity index (χ2n) is 2.93. The molecule has 5 nitrogen and oxygen atoms in total. The van der Waals surface area contributed by atoms with Gasteiger partial charge >= 0.3 is 5.97 Å². The third-order valence-electron chi connectivity index (χ3n) is 1.81. The van der Waals surface area contributed by atoms with Gasteiger partial charge in [0.25, 0.3) is 0 Å². The average molecular weight is 302 g/mol. The molecule has 1 unspecified atom stereocenters. The monoisotopic (exact) mass is 301 g/mol. The van der Waals surface area contributed by atoms with E-state index in [0.717, 1.165) is 0 Å². The van der Waals surface area contributed by atoms with E-state index in [1.807, 2.05) is 0 Å². The molecule has 0 fully saturated rings. The standard InChI is InChI=1S/C8H16BrNO4S/c1-3-15(12,13)5-4-10-6-7(9)8(11)14-2/h7,10H,3-6H2,1-2H3. The summed E-state index contributed by atoms with van der Waals surface area (Å²) in [5, 5.41) is 2.86. The first-order chi connectivity index (χ1) is 6.93. The molecular weight excluding hydrogens is 286 g/mol. The van der Waals surface area contributed by atoms with Crippen molar-refractivity contribution in [1.29, 1.82) is 0 Å². The lowest BCUT2D eigenvalue weighted by atomic mass is 10.4. The molecule has 0 aliphatic carbocycles. The zero-order valence-electron chi connectivity index (χ0n) is 8.82. The third kappa shape index (κ3) is 6.86. The molecule has 1 N–H and O–H groups in total. The van der Waals surface area contributed by atoms with Gasteiger partial charge in [0.1, 0.15) is 4.83 Å². The third-order valence-corrected chi connectivity index (χ3v) is 4.21. The number of rotatable bonds is 7. The predicted molar refractivity (Wildman–Crippen MR) is 61.9 cm³/mol. The fourth-order valence-electron chi connectivity index (χ4n) is 0.812. The molecule has 0 aliphatic rings. The molecule has 1 atom stereocenters. The Morgan fingerprint density at radius 1 is 1.53 bits per heavy atom. The number of esters is 1. The van der Waals surface area contributed by atoms with E-state index in [0.29, 0.717) is 13.1 Å². The largest absolute Gasteiger partial charge is 0.468 e. The number of hydrogen-bond donors (Lipinski definition) is 1. The van der Waals surface area contributed by atoms with Crippen molar-refractivity contribution in [2.24, 2.45) is 0 Å². The fraction of sp³-hybridized carbons (Fsp3) is 0.875. The molecular formula is C8H16BrNO4S. The molecule has 0 aromatic carbocycles. The Balaban J connectivity index is 3.68. The molecule has 0 bridgehead atoms. The van der Waals surface area contributed by atoms with Crippen LogP contribution >= 0.6 is 15.9 Å². The summed E-state index contributed by atoms with van der Waals surface area (Å²) in [6.45, 7) is 2.30. The summed E-state index contributed by atoms with van der Waals surface area (Å²) in [7, 11) is -1.63. The van der Waals surface area contributed by atoms with E-state index in [-0.39, 0.29) is 17.5 Å². The van der Waals surface area contributed by atoms with Crippen LogP contribution in [-0.2, 0) is 19.4 Å². The lowest BCUT2D eigenvalue weighted by Gasteiger charge is -2.08. The number of sulfone groups is 1. The first kappa shape index (κ1) is 14.9. The molecule has 0 amide bonds. The molecule has 0 heterocycles. The summed E-state index contributed by atoms with van der Waals surface area (Å²) in [6.07, 6.45) is 0. The summed E-state index contributed by atoms with van der Waals surface area (Å²) in [6, 6.07) is 0. The van der Waals surface area contributed by atoms with Gasteiger partial charge in [0.2, 0.25) is 0 Å². The molecule has 0 rings (SSSR count). The lowest BCUT2D eigenvalue weighted by molar-refractivity contribution is -0.139. The Morgan fingerprint density at radius 2 is 2.13 bits per heavy atom. The molecule has 7 heteroatoms. The van der Waals surface area contributed by atoms with Gasteiger partial charge in [-0.05, 0) is 0 Å². The minimum atomic E-state index is -2.94. The first-order valence-electron chi connectivity index (χ1n) is 4.56. The highest BCUT2D eigenvalue weighted by Gasteiger charge is 2.14. The van der Waals surface area contributed by atoms with Gasteiger partial charge in [-0.25, -0.2) is 8.42 Å². The minimum Gasteiger partial charge on any atom is -0.468 e. The number of ether oxygens (including phenoxy) is 1. The second kappa shape index (κ2) is 7.19. The lowest BCUT2D eigenvalue weighted by Crippen LogP contribution is -2.32. The van der Waals surface area contributed by atoms with Crippen molar-refractivity contribution in [3.63, 3.8) is 0 Å². The molecule has 0 spiro atoms. The summed E-state index contributed by atoms with van der Waals surface area (Å²) in [5.74, 6) is -0.144. The van der Waals surface area contributed by atoms with Gasteiger partial charge in [0.05, 0.1) is 12.9 Å². The number of halogens is 1. The Labute approximate surface area is 98.6 Å². The van der Waals surface area contributed by atoms with Crippen molar-refractivity contribution in [1.82, 2.24) is 5.32 Å². The molecule has 0 saturated heterocycles. The quantitative estimate of drug-likeness (QED) is 0.405.